The van der Waals surface area contributed by atoms with Crippen LogP contribution in [0.1, 0.15) is 10.4 Å². The number of carbonyl (C=O) groups excluding carboxylic acids is 1. The summed E-state index contributed by atoms with van der Waals surface area (Å²) in [6.45, 7) is 0. The lowest BCUT2D eigenvalue weighted by atomic mass is 10.2. The molecule has 0 aliphatic heterocycles. The van der Waals surface area contributed by atoms with Crippen LogP contribution < -0.4 is 10.6 Å². The van der Waals surface area contributed by atoms with Crippen molar-refractivity contribution in [2.45, 2.75) is 0 Å². The van der Waals surface area contributed by atoms with Crippen LogP contribution in [0.4, 0.5) is 14.5 Å². The van der Waals surface area contributed by atoms with Crippen molar-refractivity contribution < 1.29 is 13.6 Å². The van der Waals surface area contributed by atoms with Crippen LogP contribution in [0, 0.1) is 11.6 Å². The lowest BCUT2D eigenvalue weighted by Gasteiger charge is -2.10. The van der Waals surface area contributed by atoms with Crippen LogP contribution in [0.15, 0.2) is 48.5 Å². The molecule has 0 saturated carbocycles. The van der Waals surface area contributed by atoms with Gasteiger partial charge in [-0.15, -0.1) is 0 Å². The molecule has 0 spiro atoms. The molecule has 0 heterocycles. The van der Waals surface area contributed by atoms with Crippen molar-refractivity contribution >= 4 is 28.9 Å². The van der Waals surface area contributed by atoms with E-state index in [0.29, 0.717) is 0 Å². The van der Waals surface area contributed by atoms with E-state index in [0.717, 1.165) is 0 Å². The van der Waals surface area contributed by atoms with Gasteiger partial charge in [0.25, 0.3) is 5.91 Å². The molecule has 0 atom stereocenters. The molecule has 2 rings (SSSR count). The van der Waals surface area contributed by atoms with Gasteiger partial charge in [0, 0.05) is 0 Å². The molecule has 0 aliphatic carbocycles. The zero-order valence-electron chi connectivity index (χ0n) is 10.2. The van der Waals surface area contributed by atoms with E-state index in [4.69, 9.17) is 12.2 Å². The molecule has 2 aromatic rings. The second-order valence-electron chi connectivity index (χ2n) is 3.87. The van der Waals surface area contributed by atoms with E-state index < -0.39 is 17.5 Å². The predicted octanol–water partition coefficient (Wildman–Crippen LogP) is 3.09. The lowest BCUT2D eigenvalue weighted by molar-refractivity contribution is 0.0974. The van der Waals surface area contributed by atoms with Gasteiger partial charge in [-0.05, 0) is 36.5 Å². The highest BCUT2D eigenvalue weighted by Crippen LogP contribution is 2.12. The van der Waals surface area contributed by atoms with Gasteiger partial charge in [0.2, 0.25) is 0 Å². The molecule has 0 aliphatic rings. The van der Waals surface area contributed by atoms with Gasteiger partial charge >= 0.3 is 0 Å². The quantitative estimate of drug-likeness (QED) is 0.836. The van der Waals surface area contributed by atoms with Gasteiger partial charge in [-0.3, -0.25) is 10.1 Å². The summed E-state index contributed by atoms with van der Waals surface area (Å²) in [5.74, 6) is -1.86. The van der Waals surface area contributed by atoms with Crippen molar-refractivity contribution in [2.24, 2.45) is 0 Å². The fraction of sp³-hybridized carbons (Fsp3) is 0. The van der Waals surface area contributed by atoms with Gasteiger partial charge in [0.1, 0.15) is 11.6 Å². The highest BCUT2D eigenvalue weighted by molar-refractivity contribution is 7.80. The maximum Gasteiger partial charge on any atom is 0.260 e. The van der Waals surface area contributed by atoms with E-state index in [1.165, 1.54) is 42.5 Å². The maximum absolute atomic E-state index is 13.4. The summed E-state index contributed by atoms with van der Waals surface area (Å²) in [5.41, 5.74) is -0.00322. The van der Waals surface area contributed by atoms with Crippen molar-refractivity contribution in [1.82, 2.24) is 5.32 Å². The van der Waals surface area contributed by atoms with Crippen LogP contribution in [-0.4, -0.2) is 11.0 Å². The van der Waals surface area contributed by atoms with Crippen LogP contribution in [0.25, 0.3) is 0 Å². The predicted molar refractivity (Wildman–Crippen MR) is 76.5 cm³/mol. The number of halogens is 2. The smallest absolute Gasteiger partial charge is 0.260 e. The van der Waals surface area contributed by atoms with Crippen molar-refractivity contribution in [1.29, 1.82) is 0 Å². The van der Waals surface area contributed by atoms with Gasteiger partial charge in [-0.2, -0.15) is 0 Å². The second kappa shape index (κ2) is 6.21. The number of hydrogen-bond acceptors (Lipinski definition) is 2. The monoisotopic (exact) mass is 292 g/mol. The summed E-state index contributed by atoms with van der Waals surface area (Å²) in [6, 6.07) is 11.4. The standard InChI is InChI=1S/C14H10F2N2OS/c15-10-6-2-1-5-9(10)13(19)18-14(20)17-12-8-4-3-7-11(12)16/h1-8H,(H2,17,18,19,20). The molecule has 20 heavy (non-hydrogen) atoms. The molecule has 2 N–H and O–H groups in total. The zero-order chi connectivity index (χ0) is 14.5. The third-order valence-electron chi connectivity index (χ3n) is 2.47. The molecular formula is C14H10F2N2OS. The minimum atomic E-state index is -0.697. The average molecular weight is 292 g/mol. The van der Waals surface area contributed by atoms with Crippen LogP contribution in [0.3, 0.4) is 0 Å². The van der Waals surface area contributed by atoms with E-state index >= 15 is 0 Å². The zero-order valence-corrected chi connectivity index (χ0v) is 11.0. The first-order valence-corrected chi connectivity index (χ1v) is 6.10. The molecule has 0 bridgehead atoms. The van der Waals surface area contributed by atoms with Gasteiger partial charge in [0.05, 0.1) is 11.3 Å². The molecule has 1 amide bonds. The maximum atomic E-state index is 13.4. The number of benzene rings is 2. The summed E-state index contributed by atoms with van der Waals surface area (Å²) in [7, 11) is 0. The minimum Gasteiger partial charge on any atom is -0.330 e. The minimum absolute atomic E-state index is 0.108. The molecule has 0 fully saturated rings. The van der Waals surface area contributed by atoms with E-state index in [1.54, 1.807) is 6.07 Å². The highest BCUT2D eigenvalue weighted by Gasteiger charge is 2.12. The third-order valence-corrected chi connectivity index (χ3v) is 2.67. The Morgan fingerprint density at radius 3 is 2.20 bits per heavy atom. The number of anilines is 1. The largest absolute Gasteiger partial charge is 0.330 e. The van der Waals surface area contributed by atoms with E-state index in [-0.39, 0.29) is 16.4 Å². The Bertz CT molecular complexity index is 661. The number of amides is 1. The average Bonchev–Trinajstić information content (AvgIpc) is 2.41. The molecular weight excluding hydrogens is 282 g/mol. The Labute approximate surface area is 119 Å². The summed E-state index contributed by atoms with van der Waals surface area (Å²) in [4.78, 5) is 11.8. The van der Waals surface area contributed by atoms with Crippen LogP contribution in [0.2, 0.25) is 0 Å². The molecule has 3 nitrogen and oxygen atoms in total. The molecule has 102 valence electrons. The number of hydrogen-bond donors (Lipinski definition) is 2. The Kier molecular flexibility index (Phi) is 4.37. The first-order valence-electron chi connectivity index (χ1n) is 5.69. The van der Waals surface area contributed by atoms with Gasteiger partial charge in [-0.25, -0.2) is 8.78 Å². The number of nitrogens with one attached hydrogen (secondary N) is 2. The Balaban J connectivity index is 2.04. The van der Waals surface area contributed by atoms with Crippen molar-refractivity contribution in [2.75, 3.05) is 5.32 Å². The van der Waals surface area contributed by atoms with Gasteiger partial charge in [0.15, 0.2) is 5.11 Å². The third kappa shape index (κ3) is 3.36. The fourth-order valence-corrected chi connectivity index (χ4v) is 1.73. The molecule has 2 aromatic carbocycles. The van der Waals surface area contributed by atoms with Gasteiger partial charge < -0.3 is 5.32 Å². The fourth-order valence-electron chi connectivity index (χ4n) is 1.53. The van der Waals surface area contributed by atoms with Crippen LogP contribution >= 0.6 is 12.2 Å². The SMILES string of the molecule is O=C(NC(=S)Nc1ccccc1F)c1ccccc1F. The second-order valence-corrected chi connectivity index (χ2v) is 4.28. The van der Waals surface area contributed by atoms with Crippen molar-refractivity contribution in [3.05, 3.63) is 65.7 Å². The Hall–Kier alpha value is -2.34. The summed E-state index contributed by atoms with van der Waals surface area (Å²) < 4.78 is 26.8. The topological polar surface area (TPSA) is 41.1 Å². The van der Waals surface area contributed by atoms with E-state index in [2.05, 4.69) is 10.6 Å². The molecule has 0 saturated heterocycles. The highest BCUT2D eigenvalue weighted by atomic mass is 32.1. The first kappa shape index (κ1) is 14.1. The van der Waals surface area contributed by atoms with E-state index in [9.17, 15) is 13.6 Å². The number of rotatable bonds is 2. The van der Waals surface area contributed by atoms with Crippen LogP contribution in [-0.2, 0) is 0 Å². The Morgan fingerprint density at radius 2 is 1.55 bits per heavy atom. The summed E-state index contributed by atoms with van der Waals surface area (Å²) >= 11 is 4.88. The number of thiocarbonyl (C=S) groups is 1. The lowest BCUT2D eigenvalue weighted by Crippen LogP contribution is -2.34. The van der Waals surface area contributed by atoms with Gasteiger partial charge in [-0.1, -0.05) is 24.3 Å². The molecule has 0 aromatic heterocycles. The number of carbonyl (C=O) groups is 1. The normalized spacial score (nSPS) is 9.90. The van der Waals surface area contributed by atoms with Crippen molar-refractivity contribution in [3.63, 3.8) is 0 Å². The summed E-state index contributed by atoms with van der Waals surface area (Å²) in [5, 5.41) is 4.71. The summed E-state index contributed by atoms with van der Waals surface area (Å²) in [6.07, 6.45) is 0. The molecule has 6 heteroatoms. The van der Waals surface area contributed by atoms with Crippen molar-refractivity contribution in [3.8, 4) is 0 Å². The molecule has 0 radical (unpaired) electrons. The molecule has 0 unspecified atom stereocenters. The number of para-hydroxylation sites is 1. The van der Waals surface area contributed by atoms with E-state index in [1.807, 2.05) is 0 Å². The first-order chi connectivity index (χ1) is 9.58. The Morgan fingerprint density at radius 1 is 0.950 bits per heavy atom. The van der Waals surface area contributed by atoms with Crippen LogP contribution in [0.5, 0.6) is 0 Å².